The van der Waals surface area contributed by atoms with E-state index < -0.39 is 0 Å². The number of benzene rings is 1. The van der Waals surface area contributed by atoms with Crippen LogP contribution >= 0.6 is 0 Å². The third kappa shape index (κ3) is 2.16. The van der Waals surface area contributed by atoms with E-state index in [4.69, 9.17) is 4.74 Å². The van der Waals surface area contributed by atoms with Crippen LogP contribution in [-0.2, 0) is 6.42 Å². The largest absolute Gasteiger partial charge is 0.495 e. The molecule has 0 saturated carbocycles. The Morgan fingerprint density at radius 3 is 2.70 bits per heavy atom. The van der Waals surface area contributed by atoms with E-state index in [0.29, 0.717) is 12.1 Å². The Bertz CT molecular complexity index is 748. The minimum atomic E-state index is 0.457. The van der Waals surface area contributed by atoms with E-state index in [1.54, 1.807) is 7.11 Å². The van der Waals surface area contributed by atoms with Crippen molar-refractivity contribution in [2.45, 2.75) is 6.42 Å². The molecular formula is C16H14N2O2. The second-order valence-corrected chi connectivity index (χ2v) is 4.52. The maximum absolute atomic E-state index is 11.1. The van der Waals surface area contributed by atoms with Gasteiger partial charge in [0.2, 0.25) is 0 Å². The average Bonchev–Trinajstić information content (AvgIpc) is 2.85. The molecule has 20 heavy (non-hydrogen) atoms. The van der Waals surface area contributed by atoms with E-state index in [2.05, 4.69) is 4.98 Å². The summed E-state index contributed by atoms with van der Waals surface area (Å²) in [4.78, 5) is 15.6. The van der Waals surface area contributed by atoms with Crippen LogP contribution in [0.5, 0.6) is 5.75 Å². The first-order valence-corrected chi connectivity index (χ1v) is 6.36. The summed E-state index contributed by atoms with van der Waals surface area (Å²) < 4.78 is 7.15. The maximum Gasteiger partial charge on any atom is 0.170 e. The number of imidazole rings is 1. The number of hydrogen-bond donors (Lipinski definition) is 0. The van der Waals surface area contributed by atoms with E-state index in [0.717, 1.165) is 28.9 Å². The van der Waals surface area contributed by atoms with E-state index in [9.17, 15) is 4.79 Å². The van der Waals surface area contributed by atoms with E-state index in [1.165, 1.54) is 0 Å². The number of aldehydes is 1. The molecule has 0 aliphatic heterocycles. The number of methoxy groups -OCH3 is 1. The fourth-order valence-electron chi connectivity index (χ4n) is 2.26. The highest BCUT2D eigenvalue weighted by molar-refractivity contribution is 5.84. The summed E-state index contributed by atoms with van der Waals surface area (Å²) in [6.45, 7) is 0. The first-order chi connectivity index (χ1) is 9.81. The Balaban J connectivity index is 2.11. The molecule has 0 radical (unpaired) electrons. The maximum atomic E-state index is 11.1. The van der Waals surface area contributed by atoms with Gasteiger partial charge in [-0.15, -0.1) is 0 Å². The summed E-state index contributed by atoms with van der Waals surface area (Å²) in [5, 5.41) is 0. The normalized spacial score (nSPS) is 10.7. The van der Waals surface area contributed by atoms with Crippen LogP contribution in [0.15, 0.2) is 48.7 Å². The Hall–Kier alpha value is -2.62. The molecule has 2 aromatic heterocycles. The van der Waals surface area contributed by atoms with Crippen molar-refractivity contribution in [2.75, 3.05) is 7.11 Å². The van der Waals surface area contributed by atoms with Crippen LogP contribution < -0.4 is 4.74 Å². The molecular weight excluding hydrogens is 252 g/mol. The van der Waals surface area contributed by atoms with Gasteiger partial charge in [0.15, 0.2) is 6.29 Å². The Morgan fingerprint density at radius 2 is 2.00 bits per heavy atom. The minimum Gasteiger partial charge on any atom is -0.495 e. The standard InChI is InChI=1S/C16H14N2O2/c1-20-13-7-8-15-14(11-19)17-16(18(15)10-13)9-12-5-3-2-4-6-12/h2-8,10-11H,9H2,1H3. The molecule has 0 N–H and O–H groups in total. The molecule has 2 heterocycles. The Labute approximate surface area is 116 Å². The summed E-state index contributed by atoms with van der Waals surface area (Å²) in [5.74, 6) is 1.56. The summed E-state index contributed by atoms with van der Waals surface area (Å²) in [7, 11) is 1.62. The zero-order valence-electron chi connectivity index (χ0n) is 11.1. The van der Waals surface area contributed by atoms with Crippen LogP contribution in [0.3, 0.4) is 0 Å². The summed E-state index contributed by atoms with van der Waals surface area (Å²) in [5.41, 5.74) is 2.41. The van der Waals surface area contributed by atoms with Gasteiger partial charge in [0.05, 0.1) is 18.8 Å². The zero-order valence-corrected chi connectivity index (χ0v) is 11.1. The second-order valence-electron chi connectivity index (χ2n) is 4.52. The second kappa shape index (κ2) is 5.17. The van der Waals surface area contributed by atoms with Crippen molar-refractivity contribution < 1.29 is 9.53 Å². The van der Waals surface area contributed by atoms with Gasteiger partial charge < -0.3 is 4.74 Å². The number of ether oxygens (including phenoxy) is 1. The highest BCUT2D eigenvalue weighted by Gasteiger charge is 2.11. The van der Waals surface area contributed by atoms with Crippen molar-refractivity contribution in [3.8, 4) is 5.75 Å². The monoisotopic (exact) mass is 266 g/mol. The van der Waals surface area contributed by atoms with Crippen molar-refractivity contribution >= 4 is 11.8 Å². The molecule has 0 aliphatic rings. The van der Waals surface area contributed by atoms with Crippen molar-refractivity contribution in [3.63, 3.8) is 0 Å². The van der Waals surface area contributed by atoms with Gasteiger partial charge in [-0.25, -0.2) is 4.98 Å². The molecule has 0 unspecified atom stereocenters. The molecule has 0 aliphatic carbocycles. The Morgan fingerprint density at radius 1 is 1.20 bits per heavy atom. The topological polar surface area (TPSA) is 43.6 Å². The summed E-state index contributed by atoms with van der Waals surface area (Å²) >= 11 is 0. The van der Waals surface area contributed by atoms with Gasteiger partial charge in [-0.3, -0.25) is 9.20 Å². The molecule has 1 aromatic carbocycles. The number of aromatic nitrogens is 2. The third-order valence-corrected chi connectivity index (χ3v) is 3.26. The van der Waals surface area contributed by atoms with E-state index >= 15 is 0 Å². The highest BCUT2D eigenvalue weighted by atomic mass is 16.5. The molecule has 4 nitrogen and oxygen atoms in total. The van der Waals surface area contributed by atoms with Crippen LogP contribution in [0.1, 0.15) is 21.9 Å². The number of carbonyl (C=O) groups is 1. The molecule has 0 atom stereocenters. The predicted molar refractivity (Wildman–Crippen MR) is 76.4 cm³/mol. The van der Waals surface area contributed by atoms with Crippen LogP contribution in [0.4, 0.5) is 0 Å². The quantitative estimate of drug-likeness (QED) is 0.682. The summed E-state index contributed by atoms with van der Waals surface area (Å²) in [6, 6.07) is 13.7. The molecule has 0 saturated heterocycles. The molecule has 100 valence electrons. The number of fused-ring (bicyclic) bond motifs is 1. The molecule has 0 spiro atoms. The van der Waals surface area contributed by atoms with Crippen molar-refractivity contribution in [2.24, 2.45) is 0 Å². The minimum absolute atomic E-state index is 0.457. The van der Waals surface area contributed by atoms with Gasteiger partial charge in [-0.2, -0.15) is 0 Å². The van der Waals surface area contributed by atoms with Gasteiger partial charge in [0.25, 0.3) is 0 Å². The molecule has 0 fully saturated rings. The SMILES string of the molecule is COc1ccc2c(C=O)nc(Cc3ccccc3)n2c1. The molecule has 0 bridgehead atoms. The molecule has 0 amide bonds. The fourth-order valence-corrected chi connectivity index (χ4v) is 2.26. The predicted octanol–water partition coefficient (Wildman–Crippen LogP) is 2.75. The smallest absolute Gasteiger partial charge is 0.170 e. The van der Waals surface area contributed by atoms with Crippen LogP contribution in [-0.4, -0.2) is 22.8 Å². The summed E-state index contributed by atoms with van der Waals surface area (Å²) in [6.07, 6.45) is 3.31. The lowest BCUT2D eigenvalue weighted by Gasteiger charge is -2.04. The molecule has 4 heteroatoms. The van der Waals surface area contributed by atoms with Gasteiger partial charge in [-0.05, 0) is 17.7 Å². The number of hydrogen-bond acceptors (Lipinski definition) is 3. The fraction of sp³-hybridized carbons (Fsp3) is 0.125. The number of carbonyl (C=O) groups excluding carboxylic acids is 1. The Kier molecular flexibility index (Phi) is 3.21. The van der Waals surface area contributed by atoms with Gasteiger partial charge >= 0.3 is 0 Å². The first kappa shape index (κ1) is 12.4. The average molecular weight is 266 g/mol. The molecule has 3 aromatic rings. The number of rotatable bonds is 4. The van der Waals surface area contributed by atoms with E-state index in [-0.39, 0.29) is 0 Å². The van der Waals surface area contributed by atoms with Gasteiger partial charge in [-0.1, -0.05) is 30.3 Å². The highest BCUT2D eigenvalue weighted by Crippen LogP contribution is 2.19. The van der Waals surface area contributed by atoms with Crippen molar-refractivity contribution in [3.05, 3.63) is 65.7 Å². The molecule has 3 rings (SSSR count). The lowest BCUT2D eigenvalue weighted by Crippen LogP contribution is -1.97. The van der Waals surface area contributed by atoms with Crippen LogP contribution in [0.25, 0.3) is 5.52 Å². The zero-order chi connectivity index (χ0) is 13.9. The lowest BCUT2D eigenvalue weighted by molar-refractivity contribution is 0.112. The van der Waals surface area contributed by atoms with Crippen LogP contribution in [0, 0.1) is 0 Å². The van der Waals surface area contributed by atoms with Crippen molar-refractivity contribution in [1.29, 1.82) is 0 Å². The lowest BCUT2D eigenvalue weighted by atomic mass is 10.1. The third-order valence-electron chi connectivity index (χ3n) is 3.26. The van der Waals surface area contributed by atoms with Gasteiger partial charge in [0.1, 0.15) is 17.3 Å². The van der Waals surface area contributed by atoms with Gasteiger partial charge in [0, 0.05) is 6.42 Å². The van der Waals surface area contributed by atoms with Crippen molar-refractivity contribution in [1.82, 2.24) is 9.38 Å². The first-order valence-electron chi connectivity index (χ1n) is 6.36. The van der Waals surface area contributed by atoms with Crippen LogP contribution in [0.2, 0.25) is 0 Å². The number of pyridine rings is 1. The number of nitrogens with zero attached hydrogens (tertiary/aromatic N) is 2. The van der Waals surface area contributed by atoms with E-state index in [1.807, 2.05) is 53.1 Å².